The van der Waals surface area contributed by atoms with Crippen LogP contribution in [0.3, 0.4) is 0 Å². The van der Waals surface area contributed by atoms with Gasteiger partial charge in [0.25, 0.3) is 0 Å². The molecule has 0 unspecified atom stereocenters. The van der Waals surface area contributed by atoms with E-state index in [1.165, 1.54) is 0 Å². The highest BCUT2D eigenvalue weighted by Gasteiger charge is 2.08. The van der Waals surface area contributed by atoms with Gasteiger partial charge in [0.1, 0.15) is 0 Å². The second-order valence-corrected chi connectivity index (χ2v) is 6.21. The van der Waals surface area contributed by atoms with Crippen molar-refractivity contribution in [2.45, 2.75) is 0 Å². The molecule has 0 amide bonds. The van der Waals surface area contributed by atoms with Crippen molar-refractivity contribution in [1.82, 2.24) is 14.9 Å². The summed E-state index contributed by atoms with van der Waals surface area (Å²) in [5.74, 6) is 0.612. The lowest BCUT2D eigenvalue weighted by atomic mass is 10.2. The number of aromatic nitrogens is 3. The number of aromatic amines is 1. The van der Waals surface area contributed by atoms with Gasteiger partial charge in [-0.2, -0.15) is 14.9 Å². The Morgan fingerprint density at radius 2 is 2.00 bits per heavy atom. The Kier molecular flexibility index (Phi) is 4.52. The van der Waals surface area contributed by atoms with Crippen LogP contribution in [0.4, 0.5) is 0 Å². The number of halogens is 2. The van der Waals surface area contributed by atoms with Crippen molar-refractivity contribution in [1.29, 1.82) is 0 Å². The van der Waals surface area contributed by atoms with Crippen LogP contribution in [0.25, 0.3) is 11.4 Å². The maximum Gasteiger partial charge on any atom is 0.216 e. The summed E-state index contributed by atoms with van der Waals surface area (Å²) in [6.45, 7) is 0. The molecule has 3 rings (SSSR count). The summed E-state index contributed by atoms with van der Waals surface area (Å²) >= 11 is 14.7. The van der Waals surface area contributed by atoms with Gasteiger partial charge in [0.2, 0.25) is 4.77 Å². The molecule has 0 saturated heterocycles. The van der Waals surface area contributed by atoms with E-state index in [-0.39, 0.29) is 0 Å². The summed E-state index contributed by atoms with van der Waals surface area (Å²) in [5, 5.41) is 12.0. The maximum absolute atomic E-state index is 6.03. The normalized spacial score (nSPS) is 11.2. The molecule has 0 aliphatic rings. The molecule has 4 nitrogen and oxygen atoms in total. The number of nitrogens with zero attached hydrogens (tertiary/aromatic N) is 3. The molecule has 110 valence electrons. The molecule has 22 heavy (non-hydrogen) atoms. The fourth-order valence-electron chi connectivity index (χ4n) is 1.89. The highest BCUT2D eigenvalue weighted by atomic mass is 79.9. The molecule has 1 N–H and O–H groups in total. The zero-order valence-corrected chi connectivity index (χ0v) is 14.4. The number of benzene rings is 2. The molecule has 0 spiro atoms. The SMILES string of the molecule is S=c1[nH]nc(-c2cccc(Cl)c2)n1/N=C\c1ccc(Br)cc1. The second-order valence-electron chi connectivity index (χ2n) is 4.47. The lowest BCUT2D eigenvalue weighted by Gasteiger charge is -2.01. The van der Waals surface area contributed by atoms with Gasteiger partial charge in [0.05, 0.1) is 6.21 Å². The number of hydrogen-bond acceptors (Lipinski definition) is 3. The molecule has 0 bridgehead atoms. The molecule has 1 heterocycles. The van der Waals surface area contributed by atoms with Crippen molar-refractivity contribution in [2.24, 2.45) is 5.10 Å². The molecule has 7 heteroatoms. The summed E-state index contributed by atoms with van der Waals surface area (Å²) in [5.41, 5.74) is 1.80. The van der Waals surface area contributed by atoms with E-state index in [0.29, 0.717) is 15.6 Å². The maximum atomic E-state index is 6.03. The Labute approximate surface area is 145 Å². The van der Waals surface area contributed by atoms with Gasteiger partial charge in [-0.05, 0) is 42.0 Å². The Morgan fingerprint density at radius 3 is 2.73 bits per heavy atom. The average molecular weight is 394 g/mol. The lowest BCUT2D eigenvalue weighted by Crippen LogP contribution is -1.95. The largest absolute Gasteiger partial charge is 0.250 e. The first kappa shape index (κ1) is 15.1. The fraction of sp³-hybridized carbons (Fsp3) is 0. The molecule has 1 aromatic heterocycles. The highest BCUT2D eigenvalue weighted by molar-refractivity contribution is 9.10. The van der Waals surface area contributed by atoms with Crippen LogP contribution in [-0.2, 0) is 0 Å². The van der Waals surface area contributed by atoms with Crippen LogP contribution >= 0.6 is 39.7 Å². The molecule has 0 radical (unpaired) electrons. The van der Waals surface area contributed by atoms with Gasteiger partial charge < -0.3 is 0 Å². The minimum absolute atomic E-state index is 0.420. The molecule has 0 aliphatic carbocycles. The van der Waals surface area contributed by atoms with Crippen molar-refractivity contribution < 1.29 is 0 Å². The van der Waals surface area contributed by atoms with E-state index in [1.54, 1.807) is 10.9 Å². The Bertz CT molecular complexity index is 883. The topological polar surface area (TPSA) is 46.0 Å². The summed E-state index contributed by atoms with van der Waals surface area (Å²) in [6, 6.07) is 15.2. The molecule has 0 aliphatic heterocycles. The average Bonchev–Trinajstić information content (AvgIpc) is 2.88. The first-order valence-corrected chi connectivity index (χ1v) is 7.95. The van der Waals surface area contributed by atoms with Gasteiger partial charge in [-0.1, -0.05) is 51.8 Å². The van der Waals surface area contributed by atoms with Gasteiger partial charge in [-0.15, -0.1) is 0 Å². The van der Waals surface area contributed by atoms with Crippen molar-refractivity contribution in [3.8, 4) is 11.4 Å². The highest BCUT2D eigenvalue weighted by Crippen LogP contribution is 2.21. The van der Waals surface area contributed by atoms with Gasteiger partial charge in [-0.3, -0.25) is 0 Å². The molecular formula is C15H10BrClN4S. The summed E-state index contributed by atoms with van der Waals surface area (Å²) in [7, 11) is 0. The van der Waals surface area contributed by atoms with E-state index >= 15 is 0 Å². The van der Waals surface area contributed by atoms with E-state index in [0.717, 1.165) is 15.6 Å². The van der Waals surface area contributed by atoms with Gasteiger partial charge in [0, 0.05) is 15.1 Å². The van der Waals surface area contributed by atoms with Gasteiger partial charge >= 0.3 is 0 Å². The van der Waals surface area contributed by atoms with E-state index in [2.05, 4.69) is 31.2 Å². The first-order chi connectivity index (χ1) is 10.6. The Morgan fingerprint density at radius 1 is 1.23 bits per heavy atom. The number of rotatable bonds is 3. The fourth-order valence-corrected chi connectivity index (χ4v) is 2.52. The minimum Gasteiger partial charge on any atom is -0.250 e. The third-order valence-electron chi connectivity index (χ3n) is 2.93. The third kappa shape index (κ3) is 3.35. The van der Waals surface area contributed by atoms with Crippen LogP contribution in [0.1, 0.15) is 5.56 Å². The number of nitrogens with one attached hydrogen (secondary N) is 1. The number of H-pyrrole nitrogens is 1. The minimum atomic E-state index is 0.420. The van der Waals surface area contributed by atoms with E-state index < -0.39 is 0 Å². The van der Waals surface area contributed by atoms with E-state index in [1.807, 2.05) is 48.5 Å². The molecular weight excluding hydrogens is 384 g/mol. The number of hydrogen-bond donors (Lipinski definition) is 1. The summed E-state index contributed by atoms with van der Waals surface area (Å²) in [4.78, 5) is 0. The smallest absolute Gasteiger partial charge is 0.216 e. The zero-order chi connectivity index (χ0) is 15.5. The Hall–Kier alpha value is -1.76. The van der Waals surface area contributed by atoms with Crippen LogP contribution in [0.2, 0.25) is 5.02 Å². The van der Waals surface area contributed by atoms with Crippen molar-refractivity contribution in [3.63, 3.8) is 0 Å². The molecule has 3 aromatic rings. The predicted octanol–water partition coefficient (Wildman–Crippen LogP) is 4.91. The summed E-state index contributed by atoms with van der Waals surface area (Å²) < 4.78 is 3.01. The van der Waals surface area contributed by atoms with Crippen LogP contribution in [0, 0.1) is 4.77 Å². The van der Waals surface area contributed by atoms with E-state index in [4.69, 9.17) is 23.8 Å². The third-order valence-corrected chi connectivity index (χ3v) is 3.95. The standard InChI is InChI=1S/C15H10BrClN4S/c16-12-6-4-10(5-7-12)9-18-21-14(19-20-15(21)22)11-2-1-3-13(17)8-11/h1-9H,(H,20,22)/b18-9-. The van der Waals surface area contributed by atoms with Gasteiger partial charge in [-0.25, -0.2) is 5.10 Å². The Balaban J connectivity index is 1.99. The van der Waals surface area contributed by atoms with Gasteiger partial charge in [0.15, 0.2) is 5.82 Å². The molecule has 0 atom stereocenters. The monoisotopic (exact) mass is 392 g/mol. The predicted molar refractivity (Wildman–Crippen MR) is 95.0 cm³/mol. The van der Waals surface area contributed by atoms with E-state index in [9.17, 15) is 0 Å². The van der Waals surface area contributed by atoms with Crippen LogP contribution in [-0.4, -0.2) is 21.1 Å². The van der Waals surface area contributed by atoms with Crippen molar-refractivity contribution >= 4 is 46.0 Å². The van der Waals surface area contributed by atoms with Crippen molar-refractivity contribution in [2.75, 3.05) is 0 Å². The second kappa shape index (κ2) is 6.56. The zero-order valence-electron chi connectivity index (χ0n) is 11.2. The first-order valence-electron chi connectivity index (χ1n) is 6.37. The molecule has 0 saturated carbocycles. The van der Waals surface area contributed by atoms with Crippen molar-refractivity contribution in [3.05, 3.63) is 68.4 Å². The van der Waals surface area contributed by atoms with Crippen LogP contribution in [0.5, 0.6) is 0 Å². The molecule has 2 aromatic carbocycles. The van der Waals surface area contributed by atoms with Crippen LogP contribution in [0.15, 0.2) is 58.1 Å². The van der Waals surface area contributed by atoms with Crippen LogP contribution < -0.4 is 0 Å². The lowest BCUT2D eigenvalue weighted by molar-refractivity contribution is 0.871. The summed E-state index contributed by atoms with van der Waals surface area (Å²) in [6.07, 6.45) is 1.73. The molecule has 0 fully saturated rings. The quantitative estimate of drug-likeness (QED) is 0.508.